The summed E-state index contributed by atoms with van der Waals surface area (Å²) >= 11 is 0. The lowest BCUT2D eigenvalue weighted by Crippen LogP contribution is -2.41. The SMILES string of the molecule is C[C@H]1CCc2[nH]c3ccc(C(=O)O[C@H](C)C(=O)N4CCNC4=O)cc3c2C1. The quantitative estimate of drug-likeness (QED) is 0.813. The number of benzene rings is 1. The molecule has 27 heavy (non-hydrogen) atoms. The summed E-state index contributed by atoms with van der Waals surface area (Å²) in [6, 6.07) is 4.98. The van der Waals surface area contributed by atoms with Gasteiger partial charge in [-0.05, 0) is 55.9 Å². The number of rotatable bonds is 3. The average molecular weight is 369 g/mol. The van der Waals surface area contributed by atoms with Crippen molar-refractivity contribution in [2.45, 2.75) is 39.2 Å². The van der Waals surface area contributed by atoms with Gasteiger partial charge in [-0.1, -0.05) is 6.92 Å². The number of fused-ring (bicyclic) bond motifs is 3. The van der Waals surface area contributed by atoms with E-state index in [2.05, 4.69) is 17.2 Å². The summed E-state index contributed by atoms with van der Waals surface area (Å²) in [5.41, 5.74) is 3.95. The van der Waals surface area contributed by atoms with Crippen LogP contribution >= 0.6 is 0 Å². The number of aryl methyl sites for hydroxylation is 1. The van der Waals surface area contributed by atoms with Crippen LogP contribution in [0.2, 0.25) is 0 Å². The molecule has 3 amide bonds. The first-order chi connectivity index (χ1) is 12.9. The minimum atomic E-state index is -1.02. The first-order valence-electron chi connectivity index (χ1n) is 9.37. The lowest BCUT2D eigenvalue weighted by Gasteiger charge is -2.18. The number of hydrogen-bond donors (Lipinski definition) is 2. The Labute approximate surface area is 157 Å². The van der Waals surface area contributed by atoms with Gasteiger partial charge < -0.3 is 15.0 Å². The summed E-state index contributed by atoms with van der Waals surface area (Å²) in [6.45, 7) is 4.43. The van der Waals surface area contributed by atoms with Gasteiger partial charge in [0.05, 0.1) is 5.56 Å². The van der Waals surface area contributed by atoms with Gasteiger partial charge in [0.2, 0.25) is 0 Å². The summed E-state index contributed by atoms with van der Waals surface area (Å²) in [5, 5.41) is 3.61. The highest BCUT2D eigenvalue weighted by molar-refractivity contribution is 6.00. The van der Waals surface area contributed by atoms with Crippen molar-refractivity contribution in [2.24, 2.45) is 5.92 Å². The average Bonchev–Trinajstić information content (AvgIpc) is 3.23. The topological polar surface area (TPSA) is 91.5 Å². The lowest BCUT2D eigenvalue weighted by molar-refractivity contribution is -0.136. The Balaban J connectivity index is 1.53. The number of carbonyl (C=O) groups excluding carboxylic acids is 3. The maximum absolute atomic E-state index is 12.6. The Bertz CT molecular complexity index is 933. The maximum Gasteiger partial charge on any atom is 0.338 e. The highest BCUT2D eigenvalue weighted by Crippen LogP contribution is 2.32. The van der Waals surface area contributed by atoms with Crippen molar-refractivity contribution in [2.75, 3.05) is 13.1 Å². The first-order valence-corrected chi connectivity index (χ1v) is 9.37. The molecule has 1 aliphatic carbocycles. The Morgan fingerprint density at radius 1 is 1.33 bits per heavy atom. The van der Waals surface area contributed by atoms with Crippen LogP contribution in [-0.2, 0) is 22.4 Å². The molecule has 1 aromatic heterocycles. The fourth-order valence-corrected chi connectivity index (χ4v) is 3.90. The van der Waals surface area contributed by atoms with E-state index in [9.17, 15) is 14.4 Å². The van der Waals surface area contributed by atoms with E-state index in [1.54, 1.807) is 6.07 Å². The van der Waals surface area contributed by atoms with E-state index in [1.165, 1.54) is 24.6 Å². The van der Waals surface area contributed by atoms with Crippen molar-refractivity contribution in [1.82, 2.24) is 15.2 Å². The van der Waals surface area contributed by atoms with Crippen LogP contribution in [0.3, 0.4) is 0 Å². The van der Waals surface area contributed by atoms with Gasteiger partial charge in [0, 0.05) is 29.7 Å². The number of esters is 1. The van der Waals surface area contributed by atoms with Crippen LogP contribution in [0, 0.1) is 5.92 Å². The molecule has 1 fully saturated rings. The van der Waals surface area contributed by atoms with Crippen LogP contribution in [0.15, 0.2) is 18.2 Å². The minimum Gasteiger partial charge on any atom is -0.449 e. The maximum atomic E-state index is 12.6. The molecule has 0 radical (unpaired) electrons. The molecule has 7 heteroatoms. The smallest absolute Gasteiger partial charge is 0.338 e. The zero-order valence-corrected chi connectivity index (χ0v) is 15.5. The van der Waals surface area contributed by atoms with Crippen molar-refractivity contribution in [1.29, 1.82) is 0 Å². The largest absolute Gasteiger partial charge is 0.449 e. The van der Waals surface area contributed by atoms with Crippen molar-refractivity contribution in [3.05, 3.63) is 35.0 Å². The number of ether oxygens (including phenoxy) is 1. The molecule has 142 valence electrons. The molecule has 1 aromatic carbocycles. The van der Waals surface area contributed by atoms with Gasteiger partial charge >= 0.3 is 12.0 Å². The van der Waals surface area contributed by atoms with E-state index in [4.69, 9.17) is 4.74 Å². The van der Waals surface area contributed by atoms with Crippen molar-refractivity contribution < 1.29 is 19.1 Å². The number of carbonyl (C=O) groups is 3. The van der Waals surface area contributed by atoms with Crippen LogP contribution in [0.4, 0.5) is 4.79 Å². The molecule has 1 saturated heterocycles. The molecule has 2 aliphatic rings. The Kier molecular flexibility index (Phi) is 4.37. The number of nitrogens with one attached hydrogen (secondary N) is 2. The second kappa shape index (κ2) is 6.72. The second-order valence-corrected chi connectivity index (χ2v) is 7.46. The first kappa shape index (κ1) is 17.6. The molecule has 2 atom stereocenters. The van der Waals surface area contributed by atoms with Crippen LogP contribution in [0.5, 0.6) is 0 Å². The number of aromatic nitrogens is 1. The van der Waals surface area contributed by atoms with Gasteiger partial charge in [-0.15, -0.1) is 0 Å². The van der Waals surface area contributed by atoms with Gasteiger partial charge in [0.25, 0.3) is 5.91 Å². The number of aromatic amines is 1. The van der Waals surface area contributed by atoms with Crippen LogP contribution in [-0.4, -0.2) is 47.0 Å². The molecule has 0 spiro atoms. The predicted octanol–water partition coefficient (Wildman–Crippen LogP) is 2.39. The van der Waals surface area contributed by atoms with Crippen LogP contribution in [0.25, 0.3) is 10.9 Å². The summed E-state index contributed by atoms with van der Waals surface area (Å²) in [7, 11) is 0. The molecule has 2 N–H and O–H groups in total. The molecular formula is C20H23N3O4. The van der Waals surface area contributed by atoms with Gasteiger partial charge in [-0.2, -0.15) is 0 Å². The van der Waals surface area contributed by atoms with Crippen molar-refractivity contribution >= 4 is 28.8 Å². The second-order valence-electron chi connectivity index (χ2n) is 7.46. The zero-order valence-electron chi connectivity index (χ0n) is 15.5. The van der Waals surface area contributed by atoms with Gasteiger partial charge in [-0.3, -0.25) is 9.69 Å². The van der Waals surface area contributed by atoms with E-state index in [1.807, 2.05) is 12.1 Å². The van der Waals surface area contributed by atoms with E-state index in [0.717, 1.165) is 28.6 Å². The fourth-order valence-electron chi connectivity index (χ4n) is 3.90. The highest BCUT2D eigenvalue weighted by atomic mass is 16.5. The predicted molar refractivity (Wildman–Crippen MR) is 99.5 cm³/mol. The molecule has 4 rings (SSSR count). The van der Waals surface area contributed by atoms with E-state index >= 15 is 0 Å². The van der Waals surface area contributed by atoms with Crippen LogP contribution in [0.1, 0.15) is 41.9 Å². The summed E-state index contributed by atoms with van der Waals surface area (Å²) in [5.74, 6) is -0.445. The number of urea groups is 1. The number of H-pyrrole nitrogens is 1. The van der Waals surface area contributed by atoms with E-state index < -0.39 is 24.0 Å². The van der Waals surface area contributed by atoms with Gasteiger partial charge in [-0.25, -0.2) is 9.59 Å². The summed E-state index contributed by atoms with van der Waals surface area (Å²) in [6.07, 6.45) is 2.16. The molecule has 0 bridgehead atoms. The van der Waals surface area contributed by atoms with E-state index in [0.29, 0.717) is 24.6 Å². The number of nitrogens with zero attached hydrogens (tertiary/aromatic N) is 1. The standard InChI is InChI=1S/C20H23N3O4/c1-11-3-5-16-14(9-11)15-10-13(4-6-17(15)22-16)19(25)27-12(2)18(24)23-8-7-21-20(23)26/h4,6,10-12,22H,3,5,7-9H2,1-2H3,(H,21,26)/t11-,12+/m0/s1. The number of amides is 3. The molecule has 7 nitrogen and oxygen atoms in total. The minimum absolute atomic E-state index is 0.291. The third-order valence-corrected chi connectivity index (χ3v) is 5.42. The van der Waals surface area contributed by atoms with E-state index in [-0.39, 0.29) is 0 Å². The number of hydrogen-bond acceptors (Lipinski definition) is 4. The zero-order chi connectivity index (χ0) is 19.1. The lowest BCUT2D eigenvalue weighted by atomic mass is 9.87. The molecule has 2 aromatic rings. The number of imide groups is 1. The molecule has 0 saturated carbocycles. The Hall–Kier alpha value is -2.83. The molecule has 1 aliphatic heterocycles. The van der Waals surface area contributed by atoms with Crippen molar-refractivity contribution in [3.8, 4) is 0 Å². The van der Waals surface area contributed by atoms with Gasteiger partial charge in [0.1, 0.15) is 0 Å². The van der Waals surface area contributed by atoms with Gasteiger partial charge in [0.15, 0.2) is 6.10 Å². The molecule has 0 unspecified atom stereocenters. The van der Waals surface area contributed by atoms with Crippen LogP contribution < -0.4 is 5.32 Å². The summed E-state index contributed by atoms with van der Waals surface area (Å²) < 4.78 is 5.33. The highest BCUT2D eigenvalue weighted by Gasteiger charge is 2.32. The summed E-state index contributed by atoms with van der Waals surface area (Å²) in [4.78, 5) is 41.0. The van der Waals surface area contributed by atoms with Crippen molar-refractivity contribution in [3.63, 3.8) is 0 Å². The molecular weight excluding hydrogens is 346 g/mol. The molecule has 2 heterocycles. The third kappa shape index (κ3) is 3.18. The normalized spacial score (nSPS) is 20.3. The third-order valence-electron chi connectivity index (χ3n) is 5.42. The Morgan fingerprint density at radius 2 is 2.15 bits per heavy atom. The fraction of sp³-hybridized carbons (Fsp3) is 0.450. The monoisotopic (exact) mass is 369 g/mol. The Morgan fingerprint density at radius 3 is 2.89 bits per heavy atom.